The summed E-state index contributed by atoms with van der Waals surface area (Å²) >= 11 is 0. The number of esters is 1. The lowest BCUT2D eigenvalue weighted by Crippen LogP contribution is -2.37. The molecule has 0 heterocycles. The molecule has 9 heteroatoms. The molecule has 0 amide bonds. The summed E-state index contributed by atoms with van der Waals surface area (Å²) in [6.45, 7) is 5.43. The first-order chi connectivity index (χ1) is 24.6. The Kier molecular flexibility index (Phi) is 35.7. The zero-order chi connectivity index (χ0) is 37.7. The van der Waals surface area contributed by atoms with Crippen LogP contribution in [0.25, 0.3) is 0 Å². The van der Waals surface area contributed by atoms with Crippen LogP contribution in [0, 0.1) is 0 Å². The highest BCUT2D eigenvalue weighted by molar-refractivity contribution is 7.45. The SMILES string of the molecule is CCCCCCCC/C=C\CCCCCCCC(=O)O[C@@H](COCCCCCCCCCCCCCCCC)COP(=O)([O-])OCC[N+](C)(C)C. The van der Waals surface area contributed by atoms with E-state index >= 15 is 0 Å². The minimum atomic E-state index is -4.52. The number of carbonyl (C=O) groups excluding carboxylic acids is 1. The van der Waals surface area contributed by atoms with Crippen LogP contribution in [0.2, 0.25) is 0 Å². The Morgan fingerprint density at radius 2 is 1.02 bits per heavy atom. The number of phosphoric ester groups is 1. The van der Waals surface area contributed by atoms with E-state index in [1.807, 2.05) is 21.1 Å². The molecular weight excluding hydrogens is 661 g/mol. The Hall–Kier alpha value is -0.760. The Balaban J connectivity index is 4.24. The molecule has 0 saturated heterocycles. The van der Waals surface area contributed by atoms with Gasteiger partial charge in [0.05, 0.1) is 34.4 Å². The smallest absolute Gasteiger partial charge is 0.306 e. The normalized spacial score (nSPS) is 13.9. The van der Waals surface area contributed by atoms with E-state index in [1.165, 1.54) is 128 Å². The van der Waals surface area contributed by atoms with Crippen molar-refractivity contribution in [3.63, 3.8) is 0 Å². The second kappa shape index (κ2) is 36.2. The maximum absolute atomic E-state index is 12.6. The molecule has 0 aromatic carbocycles. The first kappa shape index (κ1) is 50.2. The number of carbonyl (C=O) groups is 1. The van der Waals surface area contributed by atoms with Crippen LogP contribution in [0.15, 0.2) is 12.2 Å². The monoisotopic (exact) mass is 746 g/mol. The van der Waals surface area contributed by atoms with Gasteiger partial charge in [0.25, 0.3) is 7.82 Å². The standard InChI is InChI=1S/C42H84NO7P/c1-6-8-10-12-14-16-18-20-22-23-25-27-29-31-33-35-42(44)50-41(40-49-51(45,46)48-38-36-43(3,4)5)39-47-37-34-32-30-28-26-24-21-19-17-15-13-11-9-7-2/h20,22,41H,6-19,21,23-40H2,1-5H3/b22-20-/t41-/m0/s1. The van der Waals surface area contributed by atoms with Crippen LogP contribution < -0.4 is 4.89 Å². The minimum Gasteiger partial charge on any atom is -0.756 e. The van der Waals surface area contributed by atoms with Crippen LogP contribution in [-0.4, -0.2) is 70.7 Å². The van der Waals surface area contributed by atoms with E-state index in [0.29, 0.717) is 24.1 Å². The van der Waals surface area contributed by atoms with Crippen molar-refractivity contribution in [2.24, 2.45) is 0 Å². The van der Waals surface area contributed by atoms with Crippen LogP contribution in [0.3, 0.4) is 0 Å². The van der Waals surface area contributed by atoms with Crippen molar-refractivity contribution in [2.45, 2.75) is 200 Å². The minimum absolute atomic E-state index is 0.0276. The molecule has 1 unspecified atom stereocenters. The Labute approximate surface area is 316 Å². The van der Waals surface area contributed by atoms with Crippen molar-refractivity contribution in [2.75, 3.05) is 54.1 Å². The second-order valence-electron chi connectivity index (χ2n) is 15.7. The molecule has 8 nitrogen and oxygen atoms in total. The molecule has 0 spiro atoms. The summed E-state index contributed by atoms with van der Waals surface area (Å²) in [5.74, 6) is -0.340. The summed E-state index contributed by atoms with van der Waals surface area (Å²) in [4.78, 5) is 25.0. The van der Waals surface area contributed by atoms with Gasteiger partial charge in [-0.15, -0.1) is 0 Å². The fourth-order valence-electron chi connectivity index (χ4n) is 5.95. The highest BCUT2D eigenvalue weighted by Crippen LogP contribution is 2.38. The molecule has 304 valence electrons. The van der Waals surface area contributed by atoms with Crippen LogP contribution in [-0.2, 0) is 27.9 Å². The summed E-state index contributed by atoms with van der Waals surface area (Å²) < 4.78 is 34.5. The average molecular weight is 746 g/mol. The van der Waals surface area contributed by atoms with E-state index in [2.05, 4.69) is 26.0 Å². The van der Waals surface area contributed by atoms with Crippen molar-refractivity contribution in [3.8, 4) is 0 Å². The molecule has 0 N–H and O–H groups in total. The summed E-state index contributed by atoms with van der Waals surface area (Å²) in [5.41, 5.74) is 0. The summed E-state index contributed by atoms with van der Waals surface area (Å²) in [6, 6.07) is 0. The van der Waals surface area contributed by atoms with Crippen LogP contribution in [0.5, 0.6) is 0 Å². The molecule has 0 aromatic rings. The van der Waals surface area contributed by atoms with Gasteiger partial charge in [0, 0.05) is 13.0 Å². The lowest BCUT2D eigenvalue weighted by Gasteiger charge is -2.28. The third-order valence-electron chi connectivity index (χ3n) is 9.32. The molecule has 0 rings (SSSR count). The van der Waals surface area contributed by atoms with E-state index in [1.54, 1.807) is 0 Å². The van der Waals surface area contributed by atoms with Crippen LogP contribution in [0.1, 0.15) is 194 Å². The molecule has 0 aliphatic carbocycles. The maximum atomic E-state index is 12.6. The first-order valence-electron chi connectivity index (χ1n) is 21.4. The van der Waals surface area contributed by atoms with Crippen LogP contribution in [0.4, 0.5) is 0 Å². The van der Waals surface area contributed by atoms with Gasteiger partial charge in [-0.1, -0.05) is 161 Å². The number of hydrogen-bond acceptors (Lipinski definition) is 7. The lowest BCUT2D eigenvalue weighted by molar-refractivity contribution is -0.870. The second-order valence-corrected chi connectivity index (χ2v) is 17.1. The highest BCUT2D eigenvalue weighted by atomic mass is 31.2. The van der Waals surface area contributed by atoms with Crippen molar-refractivity contribution >= 4 is 13.8 Å². The zero-order valence-electron chi connectivity index (χ0n) is 34.3. The molecule has 0 fully saturated rings. The predicted octanol–water partition coefficient (Wildman–Crippen LogP) is 11.6. The van der Waals surface area contributed by atoms with Crippen molar-refractivity contribution < 1.29 is 37.3 Å². The third-order valence-corrected chi connectivity index (χ3v) is 10.3. The number of likely N-dealkylation sites (N-methyl/N-ethyl adjacent to an activating group) is 1. The first-order valence-corrected chi connectivity index (χ1v) is 22.9. The van der Waals surface area contributed by atoms with Crippen molar-refractivity contribution in [1.82, 2.24) is 0 Å². The van der Waals surface area contributed by atoms with Gasteiger partial charge in [-0.3, -0.25) is 9.36 Å². The van der Waals surface area contributed by atoms with Gasteiger partial charge in [0.15, 0.2) is 0 Å². The molecule has 0 aliphatic rings. The highest BCUT2D eigenvalue weighted by Gasteiger charge is 2.20. The van der Waals surface area contributed by atoms with Gasteiger partial charge in [-0.25, -0.2) is 0 Å². The number of hydrogen-bond donors (Lipinski definition) is 0. The fraction of sp³-hybridized carbons (Fsp3) is 0.929. The van der Waals surface area contributed by atoms with Crippen LogP contribution >= 0.6 is 7.82 Å². The zero-order valence-corrected chi connectivity index (χ0v) is 35.2. The summed E-state index contributed by atoms with van der Waals surface area (Å²) in [6.07, 6.45) is 37.8. The van der Waals surface area contributed by atoms with Gasteiger partial charge < -0.3 is 27.9 Å². The average Bonchev–Trinajstić information content (AvgIpc) is 3.08. The summed E-state index contributed by atoms with van der Waals surface area (Å²) in [5, 5.41) is 0. The number of quaternary nitrogens is 1. The number of nitrogens with zero attached hydrogens (tertiary/aromatic N) is 1. The van der Waals surface area contributed by atoms with E-state index < -0.39 is 13.9 Å². The number of unbranched alkanes of at least 4 members (excludes halogenated alkanes) is 24. The van der Waals surface area contributed by atoms with E-state index in [9.17, 15) is 14.3 Å². The lowest BCUT2D eigenvalue weighted by atomic mass is 10.0. The van der Waals surface area contributed by atoms with Gasteiger partial charge in [-0.05, 0) is 38.5 Å². The number of rotatable bonds is 40. The largest absolute Gasteiger partial charge is 0.756 e. The maximum Gasteiger partial charge on any atom is 0.306 e. The van der Waals surface area contributed by atoms with E-state index in [-0.39, 0.29) is 25.8 Å². The topological polar surface area (TPSA) is 94.1 Å². The van der Waals surface area contributed by atoms with Gasteiger partial charge in [-0.2, -0.15) is 0 Å². The van der Waals surface area contributed by atoms with Gasteiger partial charge in [0.1, 0.15) is 19.3 Å². The summed E-state index contributed by atoms with van der Waals surface area (Å²) in [7, 11) is 1.36. The quantitative estimate of drug-likeness (QED) is 0.0203. The van der Waals surface area contributed by atoms with Gasteiger partial charge >= 0.3 is 5.97 Å². The molecule has 51 heavy (non-hydrogen) atoms. The predicted molar refractivity (Wildman–Crippen MR) is 213 cm³/mol. The molecule has 0 bridgehead atoms. The molecule has 0 saturated carbocycles. The molecular formula is C42H84NO7P. The van der Waals surface area contributed by atoms with E-state index in [4.69, 9.17) is 18.5 Å². The third kappa shape index (κ3) is 40.3. The van der Waals surface area contributed by atoms with Gasteiger partial charge in [0.2, 0.25) is 0 Å². The number of ether oxygens (including phenoxy) is 2. The number of phosphoric acid groups is 1. The molecule has 0 radical (unpaired) electrons. The van der Waals surface area contributed by atoms with E-state index in [0.717, 1.165) is 44.9 Å². The number of allylic oxidation sites excluding steroid dienone is 2. The Bertz CT molecular complexity index is 833. The fourth-order valence-corrected chi connectivity index (χ4v) is 6.68. The molecule has 0 aliphatic heterocycles. The van der Waals surface area contributed by atoms with Crippen molar-refractivity contribution in [1.29, 1.82) is 0 Å². The molecule has 0 aromatic heterocycles. The Morgan fingerprint density at radius 1 is 0.588 bits per heavy atom. The van der Waals surface area contributed by atoms with Crippen molar-refractivity contribution in [3.05, 3.63) is 12.2 Å². The Morgan fingerprint density at radius 3 is 1.49 bits per heavy atom. The molecule has 2 atom stereocenters.